The highest BCUT2D eigenvalue weighted by atomic mass is 16.4. The van der Waals surface area contributed by atoms with Crippen molar-refractivity contribution in [3.05, 3.63) is 0 Å². The predicted octanol–water partition coefficient (Wildman–Crippen LogP) is -1.73. The fourth-order valence-corrected chi connectivity index (χ4v) is 3.83. The number of aliphatic carboxylic acids is 2. The van der Waals surface area contributed by atoms with Crippen LogP contribution in [0, 0.1) is 0 Å². The van der Waals surface area contributed by atoms with Crippen molar-refractivity contribution in [3.8, 4) is 0 Å². The van der Waals surface area contributed by atoms with E-state index in [1.807, 2.05) is 9.80 Å². The highest BCUT2D eigenvalue weighted by Crippen LogP contribution is 2.12. The van der Waals surface area contributed by atoms with Crippen LogP contribution in [0.5, 0.6) is 0 Å². The van der Waals surface area contributed by atoms with Crippen molar-refractivity contribution < 1.29 is 29.4 Å². The van der Waals surface area contributed by atoms with Crippen molar-refractivity contribution in [1.29, 1.82) is 0 Å². The molecule has 0 aliphatic carbocycles. The van der Waals surface area contributed by atoms with Gasteiger partial charge in [-0.3, -0.25) is 29.2 Å². The van der Waals surface area contributed by atoms with Crippen molar-refractivity contribution in [2.24, 2.45) is 5.73 Å². The van der Waals surface area contributed by atoms with E-state index in [4.69, 9.17) is 5.73 Å². The zero-order chi connectivity index (χ0) is 23.1. The lowest BCUT2D eigenvalue weighted by atomic mass is 10.1. The number of carbonyl (C=O) groups excluding carboxylic acids is 2. The first-order valence-corrected chi connectivity index (χ1v) is 10.8. The van der Waals surface area contributed by atoms with Gasteiger partial charge in [-0.1, -0.05) is 6.42 Å². The summed E-state index contributed by atoms with van der Waals surface area (Å²) in [5.74, 6) is -1.88. The molecule has 0 aromatic carbocycles. The van der Waals surface area contributed by atoms with E-state index in [2.05, 4.69) is 4.90 Å². The van der Waals surface area contributed by atoms with Gasteiger partial charge in [0.25, 0.3) is 0 Å². The molecule has 0 bridgehead atoms. The van der Waals surface area contributed by atoms with Gasteiger partial charge in [-0.2, -0.15) is 0 Å². The van der Waals surface area contributed by atoms with E-state index in [0.29, 0.717) is 58.8 Å². The van der Waals surface area contributed by atoms with E-state index in [9.17, 15) is 29.4 Å². The van der Waals surface area contributed by atoms with Crippen LogP contribution in [-0.4, -0.2) is 139 Å². The number of rotatable bonds is 15. The van der Waals surface area contributed by atoms with Crippen LogP contribution in [0.3, 0.4) is 0 Å². The number of hydrogen-bond acceptors (Lipinski definition) is 9. The standard InChI is InChI=1S/C20H37N5O6/c21-4-2-1-3-18(25(12-14-27)17-20(30)31)15-23-7-5-22(11-13-26)6-8-24(10-9-23)16-19(28)29/h13-14,18H,1-12,15-17,21H2,(H,28,29)(H,30,31). The fourth-order valence-electron chi connectivity index (χ4n) is 3.83. The molecule has 178 valence electrons. The molecule has 1 unspecified atom stereocenters. The van der Waals surface area contributed by atoms with Gasteiger partial charge in [-0.25, -0.2) is 0 Å². The van der Waals surface area contributed by atoms with Gasteiger partial charge >= 0.3 is 11.9 Å². The number of carboxylic acid groups (broad SMARTS) is 2. The van der Waals surface area contributed by atoms with Gasteiger partial charge in [0.15, 0.2) is 0 Å². The minimum absolute atomic E-state index is 0.0375. The summed E-state index contributed by atoms with van der Waals surface area (Å²) in [6.07, 6.45) is 3.92. The maximum Gasteiger partial charge on any atom is 0.317 e. The lowest BCUT2D eigenvalue weighted by Crippen LogP contribution is -2.49. The molecule has 1 atom stereocenters. The maximum atomic E-state index is 11.3. The largest absolute Gasteiger partial charge is 0.480 e. The summed E-state index contributed by atoms with van der Waals surface area (Å²) >= 11 is 0. The number of carbonyl (C=O) groups is 4. The fraction of sp³-hybridized carbons (Fsp3) is 0.800. The summed E-state index contributed by atoms with van der Waals surface area (Å²) in [5.41, 5.74) is 5.61. The molecule has 0 saturated carbocycles. The topological polar surface area (TPSA) is 148 Å². The zero-order valence-corrected chi connectivity index (χ0v) is 18.2. The molecule has 1 saturated heterocycles. The third-order valence-corrected chi connectivity index (χ3v) is 5.51. The Morgan fingerprint density at radius 1 is 0.903 bits per heavy atom. The summed E-state index contributed by atoms with van der Waals surface area (Å²) in [7, 11) is 0. The Morgan fingerprint density at radius 3 is 2.03 bits per heavy atom. The summed E-state index contributed by atoms with van der Waals surface area (Å²) < 4.78 is 0. The molecule has 0 amide bonds. The normalized spacial score (nSPS) is 18.1. The molecule has 11 nitrogen and oxygen atoms in total. The van der Waals surface area contributed by atoms with E-state index in [1.165, 1.54) is 0 Å². The highest BCUT2D eigenvalue weighted by Gasteiger charge is 2.25. The smallest absolute Gasteiger partial charge is 0.317 e. The minimum atomic E-state index is -0.986. The zero-order valence-electron chi connectivity index (χ0n) is 18.2. The van der Waals surface area contributed by atoms with Crippen LogP contribution in [0.15, 0.2) is 0 Å². The average molecular weight is 444 g/mol. The number of aldehydes is 2. The van der Waals surface area contributed by atoms with Gasteiger partial charge < -0.3 is 25.5 Å². The van der Waals surface area contributed by atoms with Crippen molar-refractivity contribution in [2.45, 2.75) is 25.3 Å². The molecule has 0 radical (unpaired) electrons. The van der Waals surface area contributed by atoms with E-state index in [0.717, 1.165) is 25.4 Å². The summed E-state index contributed by atoms with van der Waals surface area (Å²) in [4.78, 5) is 52.4. The Bertz CT molecular complexity index is 564. The number of unbranched alkanes of at least 4 members (excludes halogenated alkanes) is 1. The first-order chi connectivity index (χ1) is 14.9. The second-order valence-corrected chi connectivity index (χ2v) is 7.87. The summed E-state index contributed by atoms with van der Waals surface area (Å²) in [6.45, 7) is 4.81. The Kier molecular flexibility index (Phi) is 13.8. The van der Waals surface area contributed by atoms with Crippen LogP contribution >= 0.6 is 0 Å². The van der Waals surface area contributed by atoms with Crippen LogP contribution in [-0.2, 0) is 19.2 Å². The van der Waals surface area contributed by atoms with Gasteiger partial charge in [0.2, 0.25) is 0 Å². The molecule has 31 heavy (non-hydrogen) atoms. The van der Waals surface area contributed by atoms with E-state index in [-0.39, 0.29) is 32.2 Å². The summed E-state index contributed by atoms with van der Waals surface area (Å²) in [6, 6.07) is -0.138. The quantitative estimate of drug-likeness (QED) is 0.196. The second-order valence-electron chi connectivity index (χ2n) is 7.87. The number of hydrogen-bond donors (Lipinski definition) is 3. The van der Waals surface area contributed by atoms with E-state index in [1.54, 1.807) is 4.90 Å². The predicted molar refractivity (Wildman–Crippen MR) is 115 cm³/mol. The Morgan fingerprint density at radius 2 is 1.52 bits per heavy atom. The number of carboxylic acids is 2. The lowest BCUT2D eigenvalue weighted by molar-refractivity contribution is -0.139. The Labute approximate surface area is 183 Å². The first kappa shape index (κ1) is 27.1. The van der Waals surface area contributed by atoms with Crippen molar-refractivity contribution >= 4 is 24.5 Å². The van der Waals surface area contributed by atoms with E-state index < -0.39 is 11.9 Å². The molecule has 1 fully saturated rings. The van der Waals surface area contributed by atoms with Crippen LogP contribution in [0.1, 0.15) is 19.3 Å². The van der Waals surface area contributed by atoms with Gasteiger partial charge in [0.1, 0.15) is 12.6 Å². The molecule has 1 aliphatic rings. The van der Waals surface area contributed by atoms with Crippen molar-refractivity contribution in [1.82, 2.24) is 19.6 Å². The van der Waals surface area contributed by atoms with Crippen LogP contribution in [0.2, 0.25) is 0 Å². The third kappa shape index (κ3) is 11.9. The summed E-state index contributed by atoms with van der Waals surface area (Å²) in [5, 5.41) is 18.5. The monoisotopic (exact) mass is 443 g/mol. The van der Waals surface area contributed by atoms with Crippen molar-refractivity contribution in [3.63, 3.8) is 0 Å². The molecule has 1 aliphatic heterocycles. The molecule has 0 spiro atoms. The molecule has 1 rings (SSSR count). The lowest BCUT2D eigenvalue weighted by Gasteiger charge is -2.34. The molecular weight excluding hydrogens is 406 g/mol. The SMILES string of the molecule is NCCCCC(CN1CCN(CC=O)CCN(CC(=O)O)CC1)N(CC=O)CC(=O)O. The van der Waals surface area contributed by atoms with Crippen LogP contribution < -0.4 is 5.73 Å². The highest BCUT2D eigenvalue weighted by molar-refractivity contribution is 5.70. The first-order valence-electron chi connectivity index (χ1n) is 10.8. The molecular formula is C20H37N5O6. The number of nitrogens with zero attached hydrogens (tertiary/aromatic N) is 4. The van der Waals surface area contributed by atoms with Crippen LogP contribution in [0.25, 0.3) is 0 Å². The second kappa shape index (κ2) is 15.8. The Balaban J connectivity index is 2.94. The minimum Gasteiger partial charge on any atom is -0.480 e. The molecule has 0 aromatic heterocycles. The molecule has 0 aromatic rings. The van der Waals surface area contributed by atoms with Gasteiger partial charge in [0.05, 0.1) is 26.2 Å². The molecule has 1 heterocycles. The molecule has 11 heteroatoms. The van der Waals surface area contributed by atoms with Gasteiger partial charge in [-0.05, 0) is 19.4 Å². The van der Waals surface area contributed by atoms with E-state index >= 15 is 0 Å². The van der Waals surface area contributed by atoms with Crippen molar-refractivity contribution in [2.75, 3.05) is 78.5 Å². The maximum absolute atomic E-state index is 11.3. The van der Waals surface area contributed by atoms with Gasteiger partial charge in [0, 0.05) is 51.9 Å². The molecule has 4 N–H and O–H groups in total. The average Bonchev–Trinajstić information content (AvgIpc) is 2.79. The Hall–Kier alpha value is -1.92. The van der Waals surface area contributed by atoms with Crippen LogP contribution in [0.4, 0.5) is 0 Å². The van der Waals surface area contributed by atoms with Gasteiger partial charge in [-0.15, -0.1) is 0 Å². The third-order valence-electron chi connectivity index (χ3n) is 5.51. The number of nitrogens with two attached hydrogens (primary N) is 1.